The van der Waals surface area contributed by atoms with Gasteiger partial charge in [0.2, 0.25) is 0 Å². The molecule has 0 aliphatic carbocycles. The summed E-state index contributed by atoms with van der Waals surface area (Å²) in [6.07, 6.45) is 0. The van der Waals surface area contributed by atoms with Crippen LogP contribution in [-0.4, -0.2) is 17.9 Å². The van der Waals surface area contributed by atoms with Crippen molar-refractivity contribution < 1.29 is 13.6 Å². The summed E-state index contributed by atoms with van der Waals surface area (Å²) >= 11 is 3.44. The summed E-state index contributed by atoms with van der Waals surface area (Å²) in [5.41, 5.74) is 2.80. The lowest BCUT2D eigenvalue weighted by molar-refractivity contribution is 0.0963. The van der Waals surface area contributed by atoms with E-state index < -0.39 is 0 Å². The number of rotatable bonds is 2. The first-order valence-electron chi connectivity index (χ1n) is 7.37. The lowest BCUT2D eigenvalue weighted by Gasteiger charge is -2.10. The number of fused-ring (bicyclic) bond motifs is 2. The minimum atomic E-state index is -0.300. The van der Waals surface area contributed by atoms with Gasteiger partial charge in [0, 0.05) is 22.5 Å². The van der Waals surface area contributed by atoms with E-state index in [2.05, 4.69) is 20.9 Å². The van der Waals surface area contributed by atoms with E-state index in [9.17, 15) is 4.79 Å². The van der Waals surface area contributed by atoms with Crippen LogP contribution in [0.25, 0.3) is 22.1 Å². The molecule has 2 aromatic heterocycles. The molecule has 0 fully saturated rings. The SMILES string of the molecule is Cc1c(C(=O)N(C)c2nc3ccccc3o2)oc2ccc(Br)cc12. The molecule has 24 heavy (non-hydrogen) atoms. The third-order valence-corrected chi connectivity index (χ3v) is 4.46. The molecule has 0 atom stereocenters. The Morgan fingerprint density at radius 1 is 1.12 bits per heavy atom. The van der Waals surface area contributed by atoms with Gasteiger partial charge in [0.25, 0.3) is 5.91 Å². The van der Waals surface area contributed by atoms with Gasteiger partial charge in [-0.2, -0.15) is 4.98 Å². The van der Waals surface area contributed by atoms with E-state index in [0.29, 0.717) is 16.7 Å². The lowest BCUT2D eigenvalue weighted by Crippen LogP contribution is -2.26. The number of para-hydroxylation sites is 2. The molecular weight excluding hydrogens is 372 g/mol. The molecule has 0 bridgehead atoms. The third-order valence-electron chi connectivity index (χ3n) is 3.97. The summed E-state index contributed by atoms with van der Waals surface area (Å²) in [6, 6.07) is 13.3. The fourth-order valence-corrected chi connectivity index (χ4v) is 3.00. The Hall–Kier alpha value is -2.60. The minimum absolute atomic E-state index is 0.238. The van der Waals surface area contributed by atoms with E-state index >= 15 is 0 Å². The molecule has 4 rings (SSSR count). The van der Waals surface area contributed by atoms with Crippen molar-refractivity contribution in [3.05, 3.63) is 58.3 Å². The third kappa shape index (κ3) is 2.30. The van der Waals surface area contributed by atoms with E-state index in [-0.39, 0.29) is 17.7 Å². The topological polar surface area (TPSA) is 59.5 Å². The van der Waals surface area contributed by atoms with E-state index in [1.54, 1.807) is 7.05 Å². The predicted octanol–water partition coefficient (Wildman–Crippen LogP) is 4.92. The van der Waals surface area contributed by atoms with E-state index in [1.807, 2.05) is 49.4 Å². The number of halogens is 1. The summed E-state index contributed by atoms with van der Waals surface area (Å²) in [5, 5.41) is 0.902. The summed E-state index contributed by atoms with van der Waals surface area (Å²) in [5.74, 6) is -0.0146. The molecule has 0 saturated carbocycles. The number of aromatic nitrogens is 1. The molecule has 0 aliphatic rings. The monoisotopic (exact) mass is 384 g/mol. The number of nitrogens with zero attached hydrogens (tertiary/aromatic N) is 2. The van der Waals surface area contributed by atoms with Crippen LogP contribution in [0, 0.1) is 6.92 Å². The average molecular weight is 385 g/mol. The molecule has 6 heteroatoms. The maximum atomic E-state index is 12.8. The highest BCUT2D eigenvalue weighted by Gasteiger charge is 2.25. The van der Waals surface area contributed by atoms with Crippen LogP contribution in [0.15, 0.2) is 55.8 Å². The number of carbonyl (C=O) groups excluding carboxylic acids is 1. The number of benzene rings is 2. The van der Waals surface area contributed by atoms with Crippen molar-refractivity contribution >= 4 is 49.9 Å². The average Bonchev–Trinajstić information content (AvgIpc) is 3.15. The van der Waals surface area contributed by atoms with Crippen LogP contribution in [-0.2, 0) is 0 Å². The van der Waals surface area contributed by atoms with Gasteiger partial charge in [0.05, 0.1) is 0 Å². The Balaban J connectivity index is 1.76. The lowest BCUT2D eigenvalue weighted by atomic mass is 10.1. The number of anilines is 1. The maximum Gasteiger partial charge on any atom is 0.305 e. The number of furan rings is 1. The molecule has 0 saturated heterocycles. The highest BCUT2D eigenvalue weighted by atomic mass is 79.9. The summed E-state index contributed by atoms with van der Waals surface area (Å²) < 4.78 is 12.3. The second-order valence-electron chi connectivity index (χ2n) is 5.53. The van der Waals surface area contributed by atoms with Crippen LogP contribution in [0.2, 0.25) is 0 Å². The van der Waals surface area contributed by atoms with E-state index in [1.165, 1.54) is 4.90 Å². The second kappa shape index (κ2) is 5.49. The van der Waals surface area contributed by atoms with Crippen molar-refractivity contribution in [1.82, 2.24) is 4.98 Å². The van der Waals surface area contributed by atoms with Gasteiger partial charge in [-0.15, -0.1) is 0 Å². The molecule has 120 valence electrons. The van der Waals surface area contributed by atoms with Crippen molar-refractivity contribution in [1.29, 1.82) is 0 Å². The Morgan fingerprint density at radius 2 is 1.92 bits per heavy atom. The Morgan fingerprint density at radius 3 is 2.71 bits per heavy atom. The standard InChI is InChI=1S/C18H13BrN2O3/c1-10-12-9-11(19)7-8-14(12)23-16(10)17(22)21(2)18-20-13-5-3-4-6-15(13)24-18/h3-9H,1-2H3. The first-order valence-corrected chi connectivity index (χ1v) is 8.16. The molecule has 2 heterocycles. The Kier molecular flexibility index (Phi) is 3.42. The first-order chi connectivity index (χ1) is 11.5. The van der Waals surface area contributed by atoms with Crippen LogP contribution in [0.1, 0.15) is 16.1 Å². The van der Waals surface area contributed by atoms with Gasteiger partial charge in [-0.05, 0) is 37.3 Å². The van der Waals surface area contributed by atoms with Crippen molar-refractivity contribution in [2.24, 2.45) is 0 Å². The molecule has 2 aromatic carbocycles. The van der Waals surface area contributed by atoms with Crippen molar-refractivity contribution in [3.8, 4) is 0 Å². The van der Waals surface area contributed by atoms with Gasteiger partial charge in [-0.1, -0.05) is 28.1 Å². The van der Waals surface area contributed by atoms with Gasteiger partial charge in [-0.3, -0.25) is 9.69 Å². The first kappa shape index (κ1) is 15.0. The molecule has 5 nitrogen and oxygen atoms in total. The van der Waals surface area contributed by atoms with E-state index in [4.69, 9.17) is 8.83 Å². The number of amides is 1. The number of hydrogen-bond donors (Lipinski definition) is 0. The number of hydrogen-bond acceptors (Lipinski definition) is 4. The Labute approximate surface area is 146 Å². The van der Waals surface area contributed by atoms with Gasteiger partial charge in [0.1, 0.15) is 11.1 Å². The maximum absolute atomic E-state index is 12.8. The molecule has 0 unspecified atom stereocenters. The van der Waals surface area contributed by atoms with Crippen LogP contribution < -0.4 is 4.90 Å². The zero-order valence-corrected chi connectivity index (χ0v) is 14.6. The van der Waals surface area contributed by atoms with Gasteiger partial charge in [-0.25, -0.2) is 0 Å². The quantitative estimate of drug-likeness (QED) is 0.491. The number of aryl methyl sites for hydroxylation is 1. The zero-order valence-electron chi connectivity index (χ0n) is 13.0. The highest BCUT2D eigenvalue weighted by Crippen LogP contribution is 2.30. The van der Waals surface area contributed by atoms with Crippen molar-refractivity contribution in [2.45, 2.75) is 6.92 Å². The fourth-order valence-electron chi connectivity index (χ4n) is 2.64. The van der Waals surface area contributed by atoms with Crippen molar-refractivity contribution in [2.75, 3.05) is 11.9 Å². The van der Waals surface area contributed by atoms with Crippen LogP contribution >= 0.6 is 15.9 Å². The van der Waals surface area contributed by atoms with Gasteiger partial charge < -0.3 is 8.83 Å². The Bertz CT molecular complexity index is 1050. The predicted molar refractivity (Wildman–Crippen MR) is 95.4 cm³/mol. The molecule has 0 N–H and O–H groups in total. The summed E-state index contributed by atoms with van der Waals surface area (Å²) in [4.78, 5) is 18.5. The largest absolute Gasteiger partial charge is 0.451 e. The molecule has 0 radical (unpaired) electrons. The summed E-state index contributed by atoms with van der Waals surface area (Å²) in [7, 11) is 1.62. The van der Waals surface area contributed by atoms with Crippen LogP contribution in [0.3, 0.4) is 0 Å². The highest BCUT2D eigenvalue weighted by molar-refractivity contribution is 9.10. The normalized spacial score (nSPS) is 11.3. The van der Waals surface area contributed by atoms with Crippen LogP contribution in [0.4, 0.5) is 6.01 Å². The molecular formula is C18H13BrN2O3. The van der Waals surface area contributed by atoms with Crippen molar-refractivity contribution in [3.63, 3.8) is 0 Å². The molecule has 0 spiro atoms. The van der Waals surface area contributed by atoms with E-state index in [0.717, 1.165) is 15.4 Å². The second-order valence-corrected chi connectivity index (χ2v) is 6.44. The smallest absolute Gasteiger partial charge is 0.305 e. The fraction of sp³-hybridized carbons (Fsp3) is 0.111. The number of oxazole rings is 1. The van der Waals surface area contributed by atoms with Gasteiger partial charge in [0.15, 0.2) is 11.3 Å². The molecule has 0 aliphatic heterocycles. The molecule has 4 aromatic rings. The zero-order chi connectivity index (χ0) is 16.8. The minimum Gasteiger partial charge on any atom is -0.451 e. The molecule has 1 amide bonds. The van der Waals surface area contributed by atoms with Gasteiger partial charge >= 0.3 is 6.01 Å². The van der Waals surface area contributed by atoms with Crippen LogP contribution in [0.5, 0.6) is 0 Å². The number of carbonyl (C=O) groups is 1. The summed E-state index contributed by atoms with van der Waals surface area (Å²) in [6.45, 7) is 1.87.